The van der Waals surface area contributed by atoms with Crippen LogP contribution in [-0.2, 0) is 11.3 Å². The average Bonchev–Trinajstić information content (AvgIpc) is 2.40. The summed E-state index contributed by atoms with van der Waals surface area (Å²) in [7, 11) is 3.51. The van der Waals surface area contributed by atoms with E-state index >= 15 is 0 Å². The molecule has 1 fully saturated rings. The van der Waals surface area contributed by atoms with Crippen molar-refractivity contribution in [2.45, 2.75) is 25.4 Å². The molecule has 20 heavy (non-hydrogen) atoms. The lowest BCUT2D eigenvalue weighted by Gasteiger charge is -2.30. The number of carbonyl (C=O) groups is 1. The zero-order valence-corrected chi connectivity index (χ0v) is 14.8. The molecule has 0 aliphatic carbocycles. The summed E-state index contributed by atoms with van der Waals surface area (Å²) < 4.78 is 7.16. The molecule has 2 rings (SSSR count). The first-order chi connectivity index (χ1) is 9.51. The van der Waals surface area contributed by atoms with E-state index in [-0.39, 0.29) is 5.91 Å². The normalized spacial score (nSPS) is 19.3. The van der Waals surface area contributed by atoms with Gasteiger partial charge in [0.25, 0.3) is 0 Å². The van der Waals surface area contributed by atoms with Crippen LogP contribution in [0.15, 0.2) is 21.1 Å². The smallest absolute Gasteiger partial charge is 0.222 e. The number of nitrogens with one attached hydrogen (secondary N) is 1. The lowest BCUT2D eigenvalue weighted by atomic mass is 10.1. The molecule has 1 amide bonds. The molecule has 1 unspecified atom stereocenters. The molecule has 1 N–H and O–H groups in total. The maximum atomic E-state index is 11.4. The molecule has 0 radical (unpaired) electrons. The van der Waals surface area contributed by atoms with Gasteiger partial charge in [0, 0.05) is 32.6 Å². The zero-order chi connectivity index (χ0) is 14.7. The summed E-state index contributed by atoms with van der Waals surface area (Å²) in [5, 5.41) is 3.50. The molecule has 1 aliphatic rings. The van der Waals surface area contributed by atoms with Crippen LogP contribution in [0.2, 0.25) is 0 Å². The van der Waals surface area contributed by atoms with Gasteiger partial charge < -0.3 is 15.0 Å². The Hall–Kier alpha value is -0.590. The number of likely N-dealkylation sites (tertiary alicyclic amines) is 1. The molecule has 0 aromatic heterocycles. The third-order valence-electron chi connectivity index (χ3n) is 3.48. The largest absolute Gasteiger partial charge is 0.494 e. The Morgan fingerprint density at radius 2 is 2.05 bits per heavy atom. The Morgan fingerprint density at radius 1 is 1.40 bits per heavy atom. The molecule has 0 spiro atoms. The standard InChI is InChI=1S/C14H18Br2N2O2/c1-18-8-10(3-4-13(18)19)17-7-9-5-11(15)14(20-2)12(16)6-9/h5-6,10,17H,3-4,7-8H2,1-2H3. The van der Waals surface area contributed by atoms with E-state index in [1.807, 2.05) is 19.2 Å². The van der Waals surface area contributed by atoms with Crippen LogP contribution >= 0.6 is 31.9 Å². The highest BCUT2D eigenvalue weighted by molar-refractivity contribution is 9.11. The van der Waals surface area contributed by atoms with Gasteiger partial charge in [-0.1, -0.05) is 0 Å². The maximum absolute atomic E-state index is 11.4. The number of likely N-dealkylation sites (N-methyl/N-ethyl adjacent to an activating group) is 1. The molecule has 1 saturated heterocycles. The number of carbonyl (C=O) groups excluding carboxylic acids is 1. The summed E-state index contributed by atoms with van der Waals surface area (Å²) >= 11 is 7.01. The van der Waals surface area contributed by atoms with E-state index in [2.05, 4.69) is 37.2 Å². The molecule has 1 atom stereocenters. The number of piperidine rings is 1. The molecule has 1 heterocycles. The van der Waals surface area contributed by atoms with Crippen molar-refractivity contribution in [3.05, 3.63) is 26.6 Å². The molecular formula is C14H18Br2N2O2. The first kappa shape index (κ1) is 15.8. The van der Waals surface area contributed by atoms with Crippen molar-refractivity contribution >= 4 is 37.8 Å². The fourth-order valence-corrected chi connectivity index (χ4v) is 3.96. The maximum Gasteiger partial charge on any atom is 0.222 e. The van der Waals surface area contributed by atoms with Crippen LogP contribution in [-0.4, -0.2) is 37.6 Å². The number of hydrogen-bond donors (Lipinski definition) is 1. The summed E-state index contributed by atoms with van der Waals surface area (Å²) in [6.45, 7) is 1.55. The van der Waals surface area contributed by atoms with E-state index in [0.29, 0.717) is 12.5 Å². The highest BCUT2D eigenvalue weighted by atomic mass is 79.9. The Kier molecular flexibility index (Phi) is 5.46. The van der Waals surface area contributed by atoms with Gasteiger partial charge in [0.2, 0.25) is 5.91 Å². The molecule has 0 saturated carbocycles. The molecule has 110 valence electrons. The van der Waals surface area contributed by atoms with Crippen LogP contribution in [0.4, 0.5) is 0 Å². The number of halogens is 2. The van der Waals surface area contributed by atoms with Gasteiger partial charge in [-0.15, -0.1) is 0 Å². The number of ether oxygens (including phenoxy) is 1. The van der Waals surface area contributed by atoms with Crippen molar-refractivity contribution in [1.82, 2.24) is 10.2 Å². The van der Waals surface area contributed by atoms with Gasteiger partial charge >= 0.3 is 0 Å². The van der Waals surface area contributed by atoms with E-state index in [9.17, 15) is 4.79 Å². The summed E-state index contributed by atoms with van der Waals surface area (Å²) in [6, 6.07) is 4.46. The van der Waals surface area contributed by atoms with Crippen LogP contribution in [0.1, 0.15) is 18.4 Å². The van der Waals surface area contributed by atoms with Crippen LogP contribution < -0.4 is 10.1 Å². The number of hydrogen-bond acceptors (Lipinski definition) is 3. The average molecular weight is 406 g/mol. The minimum Gasteiger partial charge on any atom is -0.494 e. The summed E-state index contributed by atoms with van der Waals surface area (Å²) in [4.78, 5) is 13.2. The lowest BCUT2D eigenvalue weighted by Crippen LogP contribution is -2.46. The van der Waals surface area contributed by atoms with Crippen molar-refractivity contribution in [3.63, 3.8) is 0 Å². The second kappa shape index (κ2) is 6.91. The number of rotatable bonds is 4. The minimum absolute atomic E-state index is 0.234. The van der Waals surface area contributed by atoms with Gasteiger partial charge in [-0.2, -0.15) is 0 Å². The summed E-state index contributed by atoms with van der Waals surface area (Å²) in [6.07, 6.45) is 1.53. The Bertz CT molecular complexity index is 485. The predicted octanol–water partition coefficient (Wildman–Crippen LogP) is 2.93. The number of methoxy groups -OCH3 is 1. The SMILES string of the molecule is COc1c(Br)cc(CNC2CCC(=O)N(C)C2)cc1Br. The molecule has 6 heteroatoms. The van der Waals surface area contributed by atoms with Gasteiger partial charge in [0.15, 0.2) is 0 Å². The quantitative estimate of drug-likeness (QED) is 0.837. The molecule has 1 aromatic rings. The van der Waals surface area contributed by atoms with E-state index in [4.69, 9.17) is 4.74 Å². The first-order valence-corrected chi connectivity index (χ1v) is 8.09. The van der Waals surface area contributed by atoms with Crippen molar-refractivity contribution < 1.29 is 9.53 Å². The lowest BCUT2D eigenvalue weighted by molar-refractivity contribution is -0.132. The highest BCUT2D eigenvalue weighted by Crippen LogP contribution is 2.34. The number of nitrogens with zero attached hydrogens (tertiary/aromatic N) is 1. The zero-order valence-electron chi connectivity index (χ0n) is 11.6. The van der Waals surface area contributed by atoms with E-state index in [0.717, 1.165) is 34.2 Å². The van der Waals surface area contributed by atoms with Crippen molar-refractivity contribution in [2.24, 2.45) is 0 Å². The third-order valence-corrected chi connectivity index (χ3v) is 4.66. The van der Waals surface area contributed by atoms with Crippen molar-refractivity contribution in [2.75, 3.05) is 20.7 Å². The Morgan fingerprint density at radius 3 is 2.60 bits per heavy atom. The van der Waals surface area contributed by atoms with Gasteiger partial charge in [0.05, 0.1) is 16.1 Å². The van der Waals surface area contributed by atoms with Crippen molar-refractivity contribution in [1.29, 1.82) is 0 Å². The monoisotopic (exact) mass is 404 g/mol. The highest BCUT2D eigenvalue weighted by Gasteiger charge is 2.22. The van der Waals surface area contributed by atoms with Crippen LogP contribution in [0.5, 0.6) is 5.75 Å². The fraction of sp³-hybridized carbons (Fsp3) is 0.500. The van der Waals surface area contributed by atoms with Crippen LogP contribution in [0.3, 0.4) is 0 Å². The van der Waals surface area contributed by atoms with Crippen LogP contribution in [0, 0.1) is 0 Å². The van der Waals surface area contributed by atoms with E-state index < -0.39 is 0 Å². The summed E-state index contributed by atoms with van der Waals surface area (Å²) in [5.41, 5.74) is 1.17. The predicted molar refractivity (Wildman–Crippen MR) is 85.9 cm³/mol. The molecule has 1 aliphatic heterocycles. The second-order valence-corrected chi connectivity index (χ2v) is 6.69. The third kappa shape index (κ3) is 3.74. The first-order valence-electron chi connectivity index (χ1n) is 6.50. The second-order valence-electron chi connectivity index (χ2n) is 4.98. The van der Waals surface area contributed by atoms with Crippen LogP contribution in [0.25, 0.3) is 0 Å². The molecule has 1 aromatic carbocycles. The Balaban J connectivity index is 1.96. The Labute approximate surface area is 136 Å². The molecular weight excluding hydrogens is 388 g/mol. The van der Waals surface area contributed by atoms with Gasteiger partial charge in [0.1, 0.15) is 5.75 Å². The van der Waals surface area contributed by atoms with Gasteiger partial charge in [-0.25, -0.2) is 0 Å². The number of amides is 1. The van der Waals surface area contributed by atoms with Gasteiger partial charge in [-0.3, -0.25) is 4.79 Å². The topological polar surface area (TPSA) is 41.6 Å². The number of benzene rings is 1. The van der Waals surface area contributed by atoms with Gasteiger partial charge in [-0.05, 0) is 56.0 Å². The van der Waals surface area contributed by atoms with Crippen molar-refractivity contribution in [3.8, 4) is 5.75 Å². The van der Waals surface area contributed by atoms with E-state index in [1.165, 1.54) is 5.56 Å². The summed E-state index contributed by atoms with van der Waals surface area (Å²) in [5.74, 6) is 1.04. The fourth-order valence-electron chi connectivity index (χ4n) is 2.35. The van der Waals surface area contributed by atoms with E-state index in [1.54, 1.807) is 12.0 Å². The minimum atomic E-state index is 0.234. The molecule has 4 nitrogen and oxygen atoms in total. The molecule has 0 bridgehead atoms.